The first-order valence-corrected chi connectivity index (χ1v) is 12.0. The lowest BCUT2D eigenvalue weighted by Gasteiger charge is -2.07. The third-order valence-electron chi connectivity index (χ3n) is 5.26. The highest BCUT2D eigenvalue weighted by atomic mass is 35.5. The summed E-state index contributed by atoms with van der Waals surface area (Å²) in [4.78, 5) is 16.5. The smallest absolute Gasteiger partial charge is 0.363 e. The topological polar surface area (TPSA) is 47.9 Å². The molecule has 0 aliphatic carbocycles. The predicted molar refractivity (Wildman–Crippen MR) is 132 cm³/mol. The molecule has 0 amide bonds. The molecular weight excluding hydrogens is 445 g/mol. The van der Waals surface area contributed by atoms with E-state index in [9.17, 15) is 4.79 Å². The maximum atomic E-state index is 12.2. The Labute approximate surface area is 200 Å². The first kappa shape index (κ1) is 24.3. The molecule has 0 radical (unpaired) electrons. The van der Waals surface area contributed by atoms with Crippen LogP contribution in [0.25, 0.3) is 6.08 Å². The third-order valence-corrected chi connectivity index (χ3v) is 6.10. The highest BCUT2D eigenvalue weighted by molar-refractivity contribution is 6.43. The van der Waals surface area contributed by atoms with Crippen molar-refractivity contribution in [1.82, 2.24) is 0 Å². The van der Waals surface area contributed by atoms with Crippen LogP contribution in [-0.2, 0) is 9.53 Å². The van der Waals surface area contributed by atoms with E-state index in [1.54, 1.807) is 24.3 Å². The van der Waals surface area contributed by atoms with Gasteiger partial charge in [-0.25, -0.2) is 9.79 Å². The van der Waals surface area contributed by atoms with Gasteiger partial charge in [0.1, 0.15) is 5.75 Å². The van der Waals surface area contributed by atoms with Crippen molar-refractivity contribution in [2.45, 2.75) is 58.3 Å². The fourth-order valence-electron chi connectivity index (χ4n) is 3.43. The van der Waals surface area contributed by atoms with Gasteiger partial charge in [0.15, 0.2) is 5.70 Å². The molecule has 6 heteroatoms. The summed E-state index contributed by atoms with van der Waals surface area (Å²) in [5, 5.41) is 0.787. The second-order valence-corrected chi connectivity index (χ2v) is 8.61. The average Bonchev–Trinajstić information content (AvgIpc) is 3.16. The van der Waals surface area contributed by atoms with Crippen molar-refractivity contribution in [2.75, 3.05) is 6.61 Å². The zero-order valence-corrected chi connectivity index (χ0v) is 19.9. The predicted octanol–water partition coefficient (Wildman–Crippen LogP) is 7.86. The normalized spacial score (nSPS) is 14.5. The second-order valence-electron chi connectivity index (χ2n) is 7.83. The van der Waals surface area contributed by atoms with Gasteiger partial charge >= 0.3 is 5.97 Å². The number of cyclic esters (lactones) is 1. The summed E-state index contributed by atoms with van der Waals surface area (Å²) in [7, 11) is 0. The second kappa shape index (κ2) is 12.7. The Morgan fingerprint density at radius 2 is 1.62 bits per heavy atom. The molecule has 0 atom stereocenters. The molecule has 0 saturated carbocycles. The summed E-state index contributed by atoms with van der Waals surface area (Å²) in [5.74, 6) is 0.531. The van der Waals surface area contributed by atoms with Gasteiger partial charge in [0.25, 0.3) is 0 Å². The average molecular weight is 474 g/mol. The molecule has 2 aromatic carbocycles. The van der Waals surface area contributed by atoms with Crippen molar-refractivity contribution < 1.29 is 14.3 Å². The molecule has 0 N–H and O–H groups in total. The largest absolute Gasteiger partial charge is 0.494 e. The number of halogens is 2. The molecule has 170 valence electrons. The van der Waals surface area contributed by atoms with Crippen molar-refractivity contribution in [1.29, 1.82) is 0 Å². The Morgan fingerprint density at radius 3 is 2.34 bits per heavy atom. The molecule has 0 aromatic heterocycles. The lowest BCUT2D eigenvalue weighted by atomic mass is 10.1. The van der Waals surface area contributed by atoms with Crippen molar-refractivity contribution in [3.63, 3.8) is 0 Å². The highest BCUT2D eigenvalue weighted by Crippen LogP contribution is 2.29. The van der Waals surface area contributed by atoms with Crippen LogP contribution >= 0.6 is 23.2 Å². The Balaban J connectivity index is 1.49. The number of carbonyl (C=O) groups excluding carboxylic acids is 1. The van der Waals surface area contributed by atoms with Gasteiger partial charge in [-0.1, -0.05) is 87.2 Å². The van der Waals surface area contributed by atoms with Crippen LogP contribution < -0.4 is 4.74 Å². The maximum Gasteiger partial charge on any atom is 0.363 e. The van der Waals surface area contributed by atoms with Gasteiger partial charge in [-0.15, -0.1) is 0 Å². The molecule has 0 spiro atoms. The molecule has 0 unspecified atom stereocenters. The standard InChI is InChI=1S/C26H29Cl2NO3/c1-2-3-4-5-6-7-8-9-17-31-21-15-13-19(14-16-21)25-29-23(26(30)32-25)18-20-11-10-12-22(27)24(20)28/h10-16,18H,2-9,17H2,1H3/b23-18-. The molecule has 1 heterocycles. The van der Waals surface area contributed by atoms with Crippen LogP contribution in [0.2, 0.25) is 10.0 Å². The van der Waals surface area contributed by atoms with E-state index in [0.29, 0.717) is 27.8 Å². The first-order chi connectivity index (χ1) is 15.6. The Bertz CT molecular complexity index is 968. The van der Waals surface area contributed by atoms with Crippen LogP contribution in [0.3, 0.4) is 0 Å². The molecule has 1 aliphatic rings. The Morgan fingerprint density at radius 1 is 0.938 bits per heavy atom. The molecule has 3 rings (SSSR count). The Hall–Kier alpha value is -2.30. The number of carbonyl (C=O) groups is 1. The number of hydrogen-bond donors (Lipinski definition) is 0. The number of esters is 1. The minimum absolute atomic E-state index is 0.180. The van der Waals surface area contributed by atoms with Crippen LogP contribution in [0.1, 0.15) is 69.4 Å². The molecule has 32 heavy (non-hydrogen) atoms. The number of aliphatic imine (C=N–C) groups is 1. The number of hydrogen-bond acceptors (Lipinski definition) is 4. The van der Waals surface area contributed by atoms with E-state index >= 15 is 0 Å². The van der Waals surface area contributed by atoms with E-state index in [1.165, 1.54) is 44.9 Å². The minimum Gasteiger partial charge on any atom is -0.494 e. The van der Waals surface area contributed by atoms with Gasteiger partial charge in [0.05, 0.1) is 16.7 Å². The summed E-state index contributed by atoms with van der Waals surface area (Å²) in [5.41, 5.74) is 1.50. The zero-order valence-electron chi connectivity index (χ0n) is 18.4. The number of benzene rings is 2. The van der Waals surface area contributed by atoms with Crippen LogP contribution in [0, 0.1) is 0 Å². The van der Waals surface area contributed by atoms with Crippen molar-refractivity contribution in [2.24, 2.45) is 4.99 Å². The van der Waals surface area contributed by atoms with Crippen LogP contribution in [0.15, 0.2) is 53.2 Å². The van der Waals surface area contributed by atoms with Gasteiger partial charge in [-0.2, -0.15) is 0 Å². The molecule has 0 bridgehead atoms. The lowest BCUT2D eigenvalue weighted by Crippen LogP contribution is -2.05. The summed E-state index contributed by atoms with van der Waals surface area (Å²) in [6.45, 7) is 2.95. The summed E-state index contributed by atoms with van der Waals surface area (Å²) < 4.78 is 11.2. The molecule has 0 saturated heterocycles. The van der Waals surface area contributed by atoms with Gasteiger partial charge < -0.3 is 9.47 Å². The van der Waals surface area contributed by atoms with Crippen LogP contribution in [0.5, 0.6) is 5.75 Å². The van der Waals surface area contributed by atoms with Crippen molar-refractivity contribution in [3.05, 3.63) is 69.3 Å². The number of nitrogens with zero attached hydrogens (tertiary/aromatic N) is 1. The summed E-state index contributed by atoms with van der Waals surface area (Å²) in [6.07, 6.45) is 11.7. The molecule has 1 aliphatic heterocycles. The Kier molecular flexibility index (Phi) is 9.63. The van der Waals surface area contributed by atoms with E-state index in [2.05, 4.69) is 11.9 Å². The van der Waals surface area contributed by atoms with Gasteiger partial charge in [0, 0.05) is 5.56 Å². The summed E-state index contributed by atoms with van der Waals surface area (Å²) in [6, 6.07) is 12.6. The summed E-state index contributed by atoms with van der Waals surface area (Å²) >= 11 is 12.2. The van der Waals surface area contributed by atoms with Crippen LogP contribution in [-0.4, -0.2) is 18.5 Å². The monoisotopic (exact) mass is 473 g/mol. The fourth-order valence-corrected chi connectivity index (χ4v) is 3.79. The van der Waals surface area contributed by atoms with E-state index in [-0.39, 0.29) is 11.6 Å². The lowest BCUT2D eigenvalue weighted by molar-refractivity contribution is -0.129. The van der Waals surface area contributed by atoms with Crippen molar-refractivity contribution in [3.8, 4) is 5.75 Å². The van der Waals surface area contributed by atoms with Crippen molar-refractivity contribution >= 4 is 41.1 Å². The SMILES string of the molecule is CCCCCCCCCCOc1ccc(C2=N/C(=C\c3cccc(Cl)c3Cl)C(=O)O2)cc1. The van der Waals surface area contributed by atoms with E-state index in [0.717, 1.165) is 12.2 Å². The quantitative estimate of drug-likeness (QED) is 0.179. The number of unbranched alkanes of at least 4 members (excludes halogenated alkanes) is 7. The molecule has 4 nitrogen and oxygen atoms in total. The van der Waals surface area contributed by atoms with E-state index in [1.807, 2.05) is 24.3 Å². The number of ether oxygens (including phenoxy) is 2. The maximum absolute atomic E-state index is 12.2. The third kappa shape index (κ3) is 7.11. The van der Waals surface area contributed by atoms with E-state index < -0.39 is 5.97 Å². The minimum atomic E-state index is -0.522. The highest BCUT2D eigenvalue weighted by Gasteiger charge is 2.24. The van der Waals surface area contributed by atoms with Gasteiger partial charge in [-0.3, -0.25) is 0 Å². The molecule has 0 fully saturated rings. The van der Waals surface area contributed by atoms with Gasteiger partial charge in [0.2, 0.25) is 5.90 Å². The first-order valence-electron chi connectivity index (χ1n) is 11.3. The van der Waals surface area contributed by atoms with Gasteiger partial charge in [-0.05, 0) is 48.4 Å². The van der Waals surface area contributed by atoms with Crippen LogP contribution in [0.4, 0.5) is 0 Å². The molecular formula is C26H29Cl2NO3. The van der Waals surface area contributed by atoms with E-state index in [4.69, 9.17) is 32.7 Å². The molecule has 2 aromatic rings. The number of rotatable bonds is 12. The zero-order chi connectivity index (χ0) is 22.8. The fraction of sp³-hybridized carbons (Fsp3) is 0.385.